The third-order valence-corrected chi connectivity index (χ3v) is 4.97. The number of hydrogen-bond donors (Lipinski definition) is 0. The molecule has 0 fully saturated rings. The van der Waals surface area contributed by atoms with E-state index in [4.69, 9.17) is 9.15 Å². The first-order valence-electron chi connectivity index (χ1n) is 10.3. The summed E-state index contributed by atoms with van der Waals surface area (Å²) < 4.78 is 12.5. The van der Waals surface area contributed by atoms with E-state index in [0.29, 0.717) is 0 Å². The van der Waals surface area contributed by atoms with Crippen LogP contribution in [0.1, 0.15) is 46.1 Å². The molecule has 0 amide bonds. The van der Waals surface area contributed by atoms with Gasteiger partial charge in [0.1, 0.15) is 22.7 Å². The number of benzene rings is 2. The summed E-state index contributed by atoms with van der Waals surface area (Å²) in [5.41, 5.74) is 2.91. The van der Waals surface area contributed by atoms with Crippen LogP contribution in [0.2, 0.25) is 0 Å². The summed E-state index contributed by atoms with van der Waals surface area (Å²) in [4.78, 5) is 0. The molecular weight excluding hydrogens is 356 g/mol. The van der Waals surface area contributed by atoms with Crippen molar-refractivity contribution in [2.24, 2.45) is 5.41 Å². The molecule has 3 rings (SSSR count). The van der Waals surface area contributed by atoms with Crippen LogP contribution in [0.15, 0.2) is 77.8 Å². The van der Waals surface area contributed by atoms with Crippen molar-refractivity contribution in [2.45, 2.75) is 53.1 Å². The molecule has 1 aromatic heterocycles. The molecule has 0 unspecified atom stereocenters. The molecule has 0 saturated carbocycles. The lowest BCUT2D eigenvalue weighted by molar-refractivity contribution is 0.0699. The van der Waals surface area contributed by atoms with E-state index in [-0.39, 0.29) is 11.0 Å². The molecule has 2 nitrogen and oxygen atoms in total. The Morgan fingerprint density at radius 1 is 1.00 bits per heavy atom. The first-order chi connectivity index (χ1) is 13.7. The molecule has 3 aromatic rings. The molecule has 0 aliphatic rings. The number of ether oxygens (including phenoxy) is 1. The summed E-state index contributed by atoms with van der Waals surface area (Å²) in [6, 6.07) is 16.6. The largest absolute Gasteiger partial charge is 0.488 e. The number of allylic oxidation sites excluding steroid dienone is 3. The lowest BCUT2D eigenvalue weighted by atomic mass is 9.81. The molecule has 0 saturated heterocycles. The van der Waals surface area contributed by atoms with Crippen LogP contribution in [-0.4, -0.2) is 5.60 Å². The zero-order valence-corrected chi connectivity index (χ0v) is 18.3. The summed E-state index contributed by atoms with van der Waals surface area (Å²) >= 11 is 0. The molecule has 152 valence electrons. The highest BCUT2D eigenvalue weighted by Gasteiger charge is 2.29. The Labute approximate surface area is 174 Å². The van der Waals surface area contributed by atoms with E-state index in [9.17, 15) is 0 Å². The Morgan fingerprint density at radius 2 is 1.72 bits per heavy atom. The standard InChI is InChI=1S/C27H32O2/c1-7-8-9-16-26(3,4)19-27(5,6)29-23-15-14-22-17-24(28-25(22)18-23)21-12-10-20(2)11-13-21/h7,9-18H,1,8,19H2,2-6H3/b16-9+. The Hall–Kier alpha value is -2.74. The molecule has 0 atom stereocenters. The first kappa shape index (κ1) is 21.0. The zero-order valence-electron chi connectivity index (χ0n) is 18.3. The summed E-state index contributed by atoms with van der Waals surface area (Å²) in [6.45, 7) is 14.6. The first-order valence-corrected chi connectivity index (χ1v) is 10.3. The number of aryl methyl sites for hydroxylation is 1. The fourth-order valence-electron chi connectivity index (χ4n) is 3.93. The van der Waals surface area contributed by atoms with E-state index >= 15 is 0 Å². The molecule has 0 radical (unpaired) electrons. The van der Waals surface area contributed by atoms with Crippen LogP contribution in [0.3, 0.4) is 0 Å². The molecule has 1 heterocycles. The molecule has 0 aliphatic carbocycles. The van der Waals surface area contributed by atoms with E-state index in [0.717, 1.165) is 40.9 Å². The van der Waals surface area contributed by atoms with Gasteiger partial charge in [0.25, 0.3) is 0 Å². The van der Waals surface area contributed by atoms with Crippen LogP contribution in [0.25, 0.3) is 22.3 Å². The Kier molecular flexibility index (Phi) is 6.02. The molecule has 2 heteroatoms. The maximum Gasteiger partial charge on any atom is 0.138 e. The maximum atomic E-state index is 6.37. The highest BCUT2D eigenvalue weighted by atomic mass is 16.5. The van der Waals surface area contributed by atoms with Gasteiger partial charge in [0.05, 0.1) is 0 Å². The number of fused-ring (bicyclic) bond motifs is 1. The molecule has 0 aliphatic heterocycles. The fourth-order valence-corrected chi connectivity index (χ4v) is 3.93. The minimum Gasteiger partial charge on any atom is -0.488 e. The summed E-state index contributed by atoms with van der Waals surface area (Å²) in [7, 11) is 0. The second-order valence-corrected chi connectivity index (χ2v) is 9.13. The lowest BCUT2D eigenvalue weighted by Crippen LogP contribution is -2.33. The summed E-state index contributed by atoms with van der Waals surface area (Å²) in [5, 5.41) is 1.08. The van der Waals surface area contributed by atoms with Crippen molar-refractivity contribution in [3.63, 3.8) is 0 Å². The van der Waals surface area contributed by atoms with Gasteiger partial charge in [0.2, 0.25) is 0 Å². The average molecular weight is 389 g/mol. The van der Waals surface area contributed by atoms with Crippen LogP contribution in [-0.2, 0) is 0 Å². The van der Waals surface area contributed by atoms with Gasteiger partial charge in [-0.05, 0) is 57.2 Å². The van der Waals surface area contributed by atoms with Crippen LogP contribution in [0.5, 0.6) is 5.75 Å². The minimum absolute atomic E-state index is 0.0416. The third kappa shape index (κ3) is 5.63. The average Bonchev–Trinajstić information content (AvgIpc) is 3.04. The molecule has 0 spiro atoms. The van der Waals surface area contributed by atoms with Gasteiger partial charge in [-0.3, -0.25) is 0 Å². The normalized spacial score (nSPS) is 12.6. The third-order valence-electron chi connectivity index (χ3n) is 4.97. The van der Waals surface area contributed by atoms with Crippen molar-refractivity contribution < 1.29 is 9.15 Å². The predicted octanol–water partition coefficient (Wildman–Crippen LogP) is 8.11. The van der Waals surface area contributed by atoms with Crippen molar-refractivity contribution in [2.75, 3.05) is 0 Å². The van der Waals surface area contributed by atoms with Gasteiger partial charge in [-0.15, -0.1) is 6.58 Å². The van der Waals surface area contributed by atoms with Crippen LogP contribution >= 0.6 is 0 Å². The zero-order chi connectivity index (χ0) is 21.1. The second kappa shape index (κ2) is 8.32. The van der Waals surface area contributed by atoms with Crippen molar-refractivity contribution in [3.05, 3.63) is 78.9 Å². The number of hydrogen-bond acceptors (Lipinski definition) is 2. The highest BCUT2D eigenvalue weighted by molar-refractivity contribution is 5.84. The Bertz CT molecular complexity index is 1000. The summed E-state index contributed by atoms with van der Waals surface area (Å²) in [6.07, 6.45) is 8.13. The quantitative estimate of drug-likeness (QED) is 0.364. The smallest absolute Gasteiger partial charge is 0.138 e. The fraction of sp³-hybridized carbons (Fsp3) is 0.333. The van der Waals surface area contributed by atoms with Crippen LogP contribution in [0.4, 0.5) is 0 Å². The van der Waals surface area contributed by atoms with Crippen LogP contribution in [0, 0.1) is 12.3 Å². The number of rotatable bonds is 8. The SMILES string of the molecule is C=CC/C=C/C(C)(C)CC(C)(C)Oc1ccc2cc(-c3ccc(C)cc3)oc2c1. The van der Waals surface area contributed by atoms with Gasteiger partial charge >= 0.3 is 0 Å². The maximum absolute atomic E-state index is 6.37. The Morgan fingerprint density at radius 3 is 2.41 bits per heavy atom. The van der Waals surface area contributed by atoms with Crippen molar-refractivity contribution >= 4 is 11.0 Å². The van der Waals surface area contributed by atoms with E-state index in [1.165, 1.54) is 5.56 Å². The van der Waals surface area contributed by atoms with Gasteiger partial charge in [0, 0.05) is 17.0 Å². The van der Waals surface area contributed by atoms with Gasteiger partial charge < -0.3 is 9.15 Å². The highest BCUT2D eigenvalue weighted by Crippen LogP contribution is 2.35. The van der Waals surface area contributed by atoms with Crippen molar-refractivity contribution in [1.29, 1.82) is 0 Å². The molecule has 0 N–H and O–H groups in total. The van der Waals surface area contributed by atoms with Crippen molar-refractivity contribution in [3.8, 4) is 17.1 Å². The minimum atomic E-state index is -0.303. The Balaban J connectivity index is 1.77. The second-order valence-electron chi connectivity index (χ2n) is 9.13. The molecular formula is C27H32O2. The van der Waals surface area contributed by atoms with E-state index < -0.39 is 0 Å². The molecule has 0 bridgehead atoms. The summed E-state index contributed by atoms with van der Waals surface area (Å²) in [5.74, 6) is 1.71. The van der Waals surface area contributed by atoms with Gasteiger partial charge in [-0.25, -0.2) is 0 Å². The molecule has 29 heavy (non-hydrogen) atoms. The lowest BCUT2D eigenvalue weighted by Gasteiger charge is -2.33. The monoisotopic (exact) mass is 388 g/mol. The van der Waals surface area contributed by atoms with Crippen molar-refractivity contribution in [1.82, 2.24) is 0 Å². The van der Waals surface area contributed by atoms with E-state index in [1.54, 1.807) is 0 Å². The predicted molar refractivity (Wildman–Crippen MR) is 123 cm³/mol. The van der Waals surface area contributed by atoms with E-state index in [1.807, 2.05) is 18.2 Å². The van der Waals surface area contributed by atoms with Gasteiger partial charge in [-0.1, -0.05) is 61.9 Å². The van der Waals surface area contributed by atoms with Crippen LogP contribution < -0.4 is 4.74 Å². The van der Waals surface area contributed by atoms with E-state index in [2.05, 4.69) is 89.7 Å². The van der Waals surface area contributed by atoms with Gasteiger partial charge in [0.15, 0.2) is 0 Å². The topological polar surface area (TPSA) is 22.4 Å². The van der Waals surface area contributed by atoms with Gasteiger partial charge in [-0.2, -0.15) is 0 Å². The molecule has 2 aromatic carbocycles. The number of furan rings is 1.